The van der Waals surface area contributed by atoms with Gasteiger partial charge in [-0.3, -0.25) is 4.79 Å². The van der Waals surface area contributed by atoms with Crippen LogP contribution >= 0.6 is 0 Å². The number of furan rings is 1. The molecule has 0 unspecified atom stereocenters. The summed E-state index contributed by atoms with van der Waals surface area (Å²) in [6, 6.07) is 14.8. The molecule has 2 aromatic heterocycles. The Hall–Kier alpha value is -3.74. The Morgan fingerprint density at radius 1 is 1.06 bits per heavy atom. The second-order valence-corrected chi connectivity index (χ2v) is 7.67. The van der Waals surface area contributed by atoms with Crippen LogP contribution < -0.4 is 5.32 Å². The quantitative estimate of drug-likeness (QED) is 0.312. The average molecular weight is 433 g/mol. The van der Waals surface area contributed by atoms with E-state index < -0.39 is 5.97 Å². The zero-order valence-corrected chi connectivity index (χ0v) is 17.8. The van der Waals surface area contributed by atoms with E-state index in [1.807, 2.05) is 36.4 Å². The van der Waals surface area contributed by atoms with Gasteiger partial charge in [-0.2, -0.15) is 0 Å². The van der Waals surface area contributed by atoms with Gasteiger partial charge in [0, 0.05) is 24.1 Å². The van der Waals surface area contributed by atoms with Gasteiger partial charge in [0.05, 0.1) is 5.39 Å². The topological polar surface area (TPSA) is 88.3 Å². The first-order chi connectivity index (χ1) is 15.5. The van der Waals surface area contributed by atoms with Crippen LogP contribution in [-0.2, 0) is 4.79 Å². The van der Waals surface area contributed by atoms with Crippen LogP contribution in [0.3, 0.4) is 0 Å². The van der Waals surface area contributed by atoms with E-state index in [1.165, 1.54) is 12.4 Å². The number of nitrogens with zero attached hydrogens (tertiary/aromatic N) is 2. The summed E-state index contributed by atoms with van der Waals surface area (Å²) in [4.78, 5) is 19.4. The van der Waals surface area contributed by atoms with Crippen molar-refractivity contribution in [3.63, 3.8) is 0 Å². The first kappa shape index (κ1) is 21.5. The monoisotopic (exact) mass is 433 g/mol. The van der Waals surface area contributed by atoms with Crippen molar-refractivity contribution in [1.29, 1.82) is 0 Å². The molecule has 4 aromatic rings. The molecule has 0 atom stereocenters. The highest BCUT2D eigenvalue weighted by atomic mass is 19.1. The summed E-state index contributed by atoms with van der Waals surface area (Å²) >= 11 is 0. The summed E-state index contributed by atoms with van der Waals surface area (Å²) in [5.74, 6) is 0.141. The smallest absolute Gasteiger partial charge is 0.303 e. The fourth-order valence-corrected chi connectivity index (χ4v) is 3.67. The van der Waals surface area contributed by atoms with Gasteiger partial charge in [0.2, 0.25) is 5.71 Å². The van der Waals surface area contributed by atoms with E-state index in [-0.39, 0.29) is 12.2 Å². The molecule has 7 heteroatoms. The van der Waals surface area contributed by atoms with Crippen LogP contribution in [0.1, 0.15) is 31.2 Å². The Balaban J connectivity index is 1.74. The minimum atomic E-state index is -0.780. The first-order valence-corrected chi connectivity index (χ1v) is 10.6. The van der Waals surface area contributed by atoms with Crippen molar-refractivity contribution in [2.45, 2.75) is 32.6 Å². The van der Waals surface area contributed by atoms with Crippen molar-refractivity contribution in [2.24, 2.45) is 0 Å². The predicted octanol–water partition coefficient (Wildman–Crippen LogP) is 6.06. The largest absolute Gasteiger partial charge is 0.481 e. The van der Waals surface area contributed by atoms with Gasteiger partial charge in [0.1, 0.15) is 23.7 Å². The van der Waals surface area contributed by atoms with E-state index in [0.717, 1.165) is 24.0 Å². The zero-order valence-electron chi connectivity index (χ0n) is 17.8. The highest BCUT2D eigenvalue weighted by Crippen LogP contribution is 2.42. The number of hydrogen-bond donors (Lipinski definition) is 2. The van der Waals surface area contributed by atoms with Crippen molar-refractivity contribution < 1.29 is 18.7 Å². The van der Waals surface area contributed by atoms with E-state index in [2.05, 4.69) is 15.3 Å². The van der Waals surface area contributed by atoms with Gasteiger partial charge in [-0.25, -0.2) is 14.4 Å². The average Bonchev–Trinajstić information content (AvgIpc) is 3.19. The SMILES string of the molecule is Cc1ccc(-c2c(-c3ccccc3)oc3ncnc(NCCCCCC(=O)O)c23)cc1F. The number of hydrogen-bond acceptors (Lipinski definition) is 5. The third-order valence-electron chi connectivity index (χ3n) is 5.34. The Labute approximate surface area is 185 Å². The van der Waals surface area contributed by atoms with Gasteiger partial charge in [-0.1, -0.05) is 48.9 Å². The molecular formula is C25H24FN3O3. The summed E-state index contributed by atoms with van der Waals surface area (Å²) in [6.07, 6.45) is 3.84. The lowest BCUT2D eigenvalue weighted by Crippen LogP contribution is -2.05. The number of halogens is 1. The molecule has 0 fully saturated rings. The van der Waals surface area contributed by atoms with Crippen molar-refractivity contribution in [1.82, 2.24) is 9.97 Å². The van der Waals surface area contributed by atoms with E-state index >= 15 is 0 Å². The number of nitrogens with one attached hydrogen (secondary N) is 1. The molecule has 0 amide bonds. The van der Waals surface area contributed by atoms with Gasteiger partial charge in [-0.15, -0.1) is 0 Å². The molecule has 164 valence electrons. The van der Waals surface area contributed by atoms with Gasteiger partial charge in [0.25, 0.3) is 0 Å². The number of anilines is 1. The molecular weight excluding hydrogens is 409 g/mol. The van der Waals surface area contributed by atoms with E-state index in [4.69, 9.17) is 9.52 Å². The van der Waals surface area contributed by atoms with Crippen LogP contribution in [0.15, 0.2) is 59.3 Å². The highest BCUT2D eigenvalue weighted by molar-refractivity contribution is 6.05. The molecule has 0 aliphatic rings. The Kier molecular flexibility index (Phi) is 6.44. The number of aliphatic carboxylic acids is 1. The van der Waals surface area contributed by atoms with Crippen LogP contribution in [-0.4, -0.2) is 27.6 Å². The summed E-state index contributed by atoms with van der Waals surface area (Å²) in [5.41, 5.74) is 3.27. The second-order valence-electron chi connectivity index (χ2n) is 7.67. The maximum atomic E-state index is 14.5. The number of carboxylic acids is 1. The fraction of sp³-hybridized carbons (Fsp3) is 0.240. The molecule has 4 rings (SSSR count). The maximum Gasteiger partial charge on any atom is 0.303 e. The molecule has 2 heterocycles. The standard InChI is InChI=1S/C25H24FN3O3/c1-16-11-12-18(14-19(16)26)21-22-24(27-13-7-3-6-10-20(30)31)28-15-29-25(22)32-23(21)17-8-4-2-5-9-17/h2,4-5,8-9,11-12,14-15H,3,6-7,10,13H2,1H3,(H,30,31)(H,27,28,29). The molecule has 0 spiro atoms. The number of rotatable bonds is 9. The minimum absolute atomic E-state index is 0.170. The number of fused-ring (bicyclic) bond motifs is 1. The van der Waals surface area contributed by atoms with Crippen LogP contribution in [0.4, 0.5) is 10.2 Å². The lowest BCUT2D eigenvalue weighted by molar-refractivity contribution is -0.137. The normalized spacial score (nSPS) is 11.1. The van der Waals surface area contributed by atoms with Gasteiger partial charge in [0.15, 0.2) is 0 Å². The second kappa shape index (κ2) is 9.60. The van der Waals surface area contributed by atoms with Crippen LogP contribution in [0.2, 0.25) is 0 Å². The number of benzene rings is 2. The van der Waals surface area contributed by atoms with Crippen molar-refractivity contribution in [3.05, 3.63) is 66.2 Å². The van der Waals surface area contributed by atoms with Crippen LogP contribution in [0.25, 0.3) is 33.6 Å². The number of aromatic nitrogens is 2. The first-order valence-electron chi connectivity index (χ1n) is 10.6. The Bertz CT molecular complexity index is 1240. The number of aryl methyl sites for hydroxylation is 1. The summed E-state index contributed by atoms with van der Waals surface area (Å²) < 4.78 is 20.6. The lowest BCUT2D eigenvalue weighted by atomic mass is 9.98. The highest BCUT2D eigenvalue weighted by Gasteiger charge is 2.22. The third kappa shape index (κ3) is 4.61. The summed E-state index contributed by atoms with van der Waals surface area (Å²) in [6.45, 7) is 2.35. The van der Waals surface area contributed by atoms with Crippen molar-refractivity contribution in [2.75, 3.05) is 11.9 Å². The number of unbranched alkanes of at least 4 members (excludes halogenated alkanes) is 2. The summed E-state index contributed by atoms with van der Waals surface area (Å²) in [7, 11) is 0. The Morgan fingerprint density at radius 3 is 2.62 bits per heavy atom. The lowest BCUT2D eigenvalue weighted by Gasteiger charge is -2.09. The van der Waals surface area contributed by atoms with Crippen molar-refractivity contribution in [3.8, 4) is 22.5 Å². The molecule has 0 aliphatic carbocycles. The van der Waals surface area contributed by atoms with Crippen molar-refractivity contribution >= 4 is 22.9 Å². The molecule has 32 heavy (non-hydrogen) atoms. The van der Waals surface area contributed by atoms with E-state index in [0.29, 0.717) is 46.8 Å². The molecule has 6 nitrogen and oxygen atoms in total. The molecule has 0 aliphatic heterocycles. The molecule has 0 saturated carbocycles. The predicted molar refractivity (Wildman–Crippen MR) is 122 cm³/mol. The minimum Gasteiger partial charge on any atom is -0.481 e. The van der Waals surface area contributed by atoms with Gasteiger partial charge in [-0.05, 0) is 37.0 Å². The Morgan fingerprint density at radius 2 is 1.88 bits per heavy atom. The van der Waals surface area contributed by atoms with E-state index in [9.17, 15) is 9.18 Å². The van der Waals surface area contributed by atoms with Gasteiger partial charge >= 0.3 is 5.97 Å². The molecule has 2 aromatic carbocycles. The molecule has 2 N–H and O–H groups in total. The maximum absolute atomic E-state index is 14.5. The van der Waals surface area contributed by atoms with Crippen LogP contribution in [0.5, 0.6) is 0 Å². The zero-order chi connectivity index (χ0) is 22.5. The third-order valence-corrected chi connectivity index (χ3v) is 5.34. The number of carbonyl (C=O) groups is 1. The number of carboxylic acid groups (broad SMARTS) is 1. The molecule has 0 bridgehead atoms. The molecule has 0 radical (unpaired) electrons. The fourth-order valence-electron chi connectivity index (χ4n) is 3.67. The molecule has 0 saturated heterocycles. The van der Waals surface area contributed by atoms with E-state index in [1.54, 1.807) is 13.0 Å². The van der Waals surface area contributed by atoms with Gasteiger partial charge < -0.3 is 14.8 Å². The van der Waals surface area contributed by atoms with Crippen LogP contribution in [0, 0.1) is 12.7 Å². The summed E-state index contributed by atoms with van der Waals surface area (Å²) in [5, 5.41) is 12.8.